The van der Waals surface area contributed by atoms with Crippen LogP contribution in [0.15, 0.2) is 4.99 Å². The van der Waals surface area contributed by atoms with Gasteiger partial charge >= 0.3 is 5.97 Å². The molecule has 2 atom stereocenters. The summed E-state index contributed by atoms with van der Waals surface area (Å²) in [7, 11) is 5.07. The number of carbonyl (C=O) groups is 1. The van der Waals surface area contributed by atoms with E-state index in [2.05, 4.69) is 34.6 Å². The maximum atomic E-state index is 11.4. The quantitative estimate of drug-likeness (QED) is 0.297. The van der Waals surface area contributed by atoms with Gasteiger partial charge in [0.25, 0.3) is 0 Å². The van der Waals surface area contributed by atoms with E-state index in [4.69, 9.17) is 4.74 Å². The molecule has 1 rings (SSSR count). The molecule has 24 heavy (non-hydrogen) atoms. The van der Waals surface area contributed by atoms with Crippen LogP contribution >= 0.6 is 24.0 Å². The normalized spacial score (nSPS) is 13.7. The van der Waals surface area contributed by atoms with Gasteiger partial charge in [0.15, 0.2) is 5.96 Å². The lowest BCUT2D eigenvalue weighted by Gasteiger charge is -2.19. The van der Waals surface area contributed by atoms with Crippen LogP contribution in [0.5, 0.6) is 0 Å². The number of methoxy groups -OCH3 is 1. The Morgan fingerprint density at radius 3 is 2.46 bits per heavy atom. The zero-order chi connectivity index (χ0) is 17.6. The van der Waals surface area contributed by atoms with E-state index in [1.54, 1.807) is 7.05 Å². The van der Waals surface area contributed by atoms with Crippen molar-refractivity contribution in [2.75, 3.05) is 20.7 Å². The van der Waals surface area contributed by atoms with Gasteiger partial charge in [0.05, 0.1) is 18.7 Å². The molecule has 0 aliphatic rings. The number of nitrogens with one attached hydrogen (secondary N) is 2. The molecule has 0 aliphatic heterocycles. The first-order valence-corrected chi connectivity index (χ1v) is 7.84. The molecule has 8 heteroatoms. The summed E-state index contributed by atoms with van der Waals surface area (Å²) >= 11 is 0. The lowest BCUT2D eigenvalue weighted by atomic mass is 10.1. The molecule has 0 saturated heterocycles. The Balaban J connectivity index is 0.00000529. The van der Waals surface area contributed by atoms with E-state index in [1.807, 2.05) is 25.6 Å². The number of aromatic nitrogens is 2. The van der Waals surface area contributed by atoms with Crippen molar-refractivity contribution in [2.45, 2.75) is 40.2 Å². The van der Waals surface area contributed by atoms with Crippen LogP contribution in [0.2, 0.25) is 0 Å². The first kappa shape index (κ1) is 22.7. The fourth-order valence-corrected chi connectivity index (χ4v) is 2.43. The molecule has 0 radical (unpaired) electrons. The average Bonchev–Trinajstić information content (AvgIpc) is 2.76. The molecule has 1 aromatic rings. The van der Waals surface area contributed by atoms with Gasteiger partial charge in [0, 0.05) is 32.4 Å². The summed E-state index contributed by atoms with van der Waals surface area (Å²) in [5.41, 5.74) is 3.49. The Labute approximate surface area is 161 Å². The number of ether oxygens (including phenoxy) is 1. The molecule has 0 aromatic carbocycles. The van der Waals surface area contributed by atoms with Crippen LogP contribution in [0.25, 0.3) is 0 Å². The van der Waals surface area contributed by atoms with Crippen LogP contribution in [-0.2, 0) is 23.0 Å². The van der Waals surface area contributed by atoms with Crippen molar-refractivity contribution in [1.29, 1.82) is 0 Å². The van der Waals surface area contributed by atoms with Gasteiger partial charge in [-0.3, -0.25) is 14.5 Å². The van der Waals surface area contributed by atoms with E-state index in [-0.39, 0.29) is 41.9 Å². The fourth-order valence-electron chi connectivity index (χ4n) is 2.43. The number of rotatable bonds is 6. The first-order chi connectivity index (χ1) is 10.8. The largest absolute Gasteiger partial charge is 0.469 e. The second kappa shape index (κ2) is 10.5. The Bertz CT molecular complexity index is 571. The van der Waals surface area contributed by atoms with Gasteiger partial charge in [-0.15, -0.1) is 24.0 Å². The molecule has 1 aromatic heterocycles. The standard InChI is InChI=1S/C16H29N5O2.HI/c1-10(15(22)23-7)9-18-16(17-5)19-11(2)8-14-12(3)20-21(6)13(14)4;/h10-11H,8-9H2,1-7H3,(H2,17,18,19);1H. The summed E-state index contributed by atoms with van der Waals surface area (Å²) in [5, 5.41) is 10.9. The smallest absolute Gasteiger partial charge is 0.310 e. The SMILES string of the molecule is CN=C(NCC(C)C(=O)OC)NC(C)Cc1c(C)nn(C)c1C.I. The molecule has 7 nitrogen and oxygen atoms in total. The summed E-state index contributed by atoms with van der Waals surface area (Å²) in [6, 6.07) is 0.191. The molecular weight excluding hydrogens is 421 g/mol. The number of aliphatic imine (C=N–C) groups is 1. The number of hydrogen-bond donors (Lipinski definition) is 2. The summed E-state index contributed by atoms with van der Waals surface area (Å²) in [6.45, 7) is 8.50. The monoisotopic (exact) mass is 451 g/mol. The van der Waals surface area contributed by atoms with Gasteiger partial charge in [-0.2, -0.15) is 5.10 Å². The van der Waals surface area contributed by atoms with Gasteiger partial charge in [0.1, 0.15) is 0 Å². The molecule has 0 aliphatic carbocycles. The third kappa shape index (κ3) is 6.29. The Hall–Kier alpha value is -1.32. The zero-order valence-corrected chi connectivity index (χ0v) is 18.0. The zero-order valence-electron chi connectivity index (χ0n) is 15.6. The Morgan fingerprint density at radius 2 is 2.00 bits per heavy atom. The van der Waals surface area contributed by atoms with Crippen molar-refractivity contribution < 1.29 is 9.53 Å². The highest BCUT2D eigenvalue weighted by atomic mass is 127. The van der Waals surface area contributed by atoms with Crippen LogP contribution in [-0.4, -0.2) is 48.5 Å². The minimum Gasteiger partial charge on any atom is -0.469 e. The summed E-state index contributed by atoms with van der Waals surface area (Å²) in [6.07, 6.45) is 0.860. The molecule has 0 amide bonds. The topological polar surface area (TPSA) is 80.5 Å². The Morgan fingerprint density at radius 1 is 1.38 bits per heavy atom. The van der Waals surface area contributed by atoms with Crippen molar-refractivity contribution in [3.8, 4) is 0 Å². The molecule has 0 saturated carbocycles. The second-order valence-corrected chi connectivity index (χ2v) is 5.90. The number of esters is 1. The number of halogens is 1. The van der Waals surface area contributed by atoms with Gasteiger partial charge in [0.2, 0.25) is 0 Å². The van der Waals surface area contributed by atoms with Crippen molar-refractivity contribution in [3.63, 3.8) is 0 Å². The number of nitrogens with zero attached hydrogens (tertiary/aromatic N) is 3. The number of guanidine groups is 1. The van der Waals surface area contributed by atoms with Crippen LogP contribution in [0.1, 0.15) is 30.8 Å². The third-order valence-electron chi connectivity index (χ3n) is 3.96. The fraction of sp³-hybridized carbons (Fsp3) is 0.688. The van der Waals surface area contributed by atoms with Crippen molar-refractivity contribution in [2.24, 2.45) is 18.0 Å². The lowest BCUT2D eigenvalue weighted by molar-refractivity contribution is -0.144. The van der Waals surface area contributed by atoms with Gasteiger partial charge in [-0.05, 0) is 32.8 Å². The molecule has 0 fully saturated rings. The van der Waals surface area contributed by atoms with Crippen LogP contribution in [0.3, 0.4) is 0 Å². The van der Waals surface area contributed by atoms with E-state index in [0.29, 0.717) is 12.5 Å². The van der Waals surface area contributed by atoms with E-state index in [0.717, 1.165) is 12.1 Å². The lowest BCUT2D eigenvalue weighted by Crippen LogP contribution is -2.45. The second-order valence-electron chi connectivity index (χ2n) is 5.90. The highest BCUT2D eigenvalue weighted by Crippen LogP contribution is 2.14. The molecule has 2 unspecified atom stereocenters. The van der Waals surface area contributed by atoms with E-state index < -0.39 is 0 Å². The molecule has 0 spiro atoms. The Kier molecular flexibility index (Phi) is 9.95. The maximum Gasteiger partial charge on any atom is 0.310 e. The average molecular weight is 451 g/mol. The van der Waals surface area contributed by atoms with Crippen molar-refractivity contribution in [3.05, 3.63) is 17.0 Å². The number of hydrogen-bond acceptors (Lipinski definition) is 4. The van der Waals surface area contributed by atoms with Gasteiger partial charge in [-0.1, -0.05) is 6.92 Å². The predicted molar refractivity (Wildman–Crippen MR) is 107 cm³/mol. The predicted octanol–water partition coefficient (Wildman–Crippen LogP) is 1.56. The molecule has 1 heterocycles. The van der Waals surface area contributed by atoms with Crippen LogP contribution in [0, 0.1) is 19.8 Å². The number of aryl methyl sites for hydroxylation is 2. The van der Waals surface area contributed by atoms with Crippen LogP contribution < -0.4 is 10.6 Å². The van der Waals surface area contributed by atoms with Crippen molar-refractivity contribution in [1.82, 2.24) is 20.4 Å². The summed E-state index contributed by atoms with van der Waals surface area (Å²) in [4.78, 5) is 15.6. The molecule has 0 bridgehead atoms. The highest BCUT2D eigenvalue weighted by molar-refractivity contribution is 14.0. The first-order valence-electron chi connectivity index (χ1n) is 7.84. The highest BCUT2D eigenvalue weighted by Gasteiger charge is 2.16. The van der Waals surface area contributed by atoms with E-state index >= 15 is 0 Å². The van der Waals surface area contributed by atoms with Gasteiger partial charge < -0.3 is 15.4 Å². The summed E-state index contributed by atoms with van der Waals surface area (Å²) in [5.74, 6) is 0.215. The molecule has 138 valence electrons. The molecule has 2 N–H and O–H groups in total. The minimum atomic E-state index is -0.234. The van der Waals surface area contributed by atoms with Gasteiger partial charge in [-0.25, -0.2) is 0 Å². The van der Waals surface area contributed by atoms with Crippen LogP contribution in [0.4, 0.5) is 0 Å². The summed E-state index contributed by atoms with van der Waals surface area (Å²) < 4.78 is 6.62. The molecular formula is C16H30IN5O2. The minimum absolute atomic E-state index is 0. The third-order valence-corrected chi connectivity index (χ3v) is 3.96. The maximum absolute atomic E-state index is 11.4. The van der Waals surface area contributed by atoms with E-state index in [1.165, 1.54) is 18.4 Å². The van der Waals surface area contributed by atoms with E-state index in [9.17, 15) is 4.79 Å². The van der Waals surface area contributed by atoms with Crippen molar-refractivity contribution >= 4 is 35.9 Å². The number of carbonyl (C=O) groups excluding carboxylic acids is 1.